The minimum Gasteiger partial charge on any atom is -0.495 e. The summed E-state index contributed by atoms with van der Waals surface area (Å²) in [7, 11) is 3.57. The summed E-state index contributed by atoms with van der Waals surface area (Å²) in [5.41, 5.74) is 2.02. The highest BCUT2D eigenvalue weighted by Crippen LogP contribution is 2.31. The van der Waals surface area contributed by atoms with Crippen LogP contribution in [0, 0.1) is 0 Å². The van der Waals surface area contributed by atoms with E-state index in [1.54, 1.807) is 13.3 Å². The van der Waals surface area contributed by atoms with E-state index in [1.165, 1.54) is 0 Å². The van der Waals surface area contributed by atoms with Crippen molar-refractivity contribution in [2.45, 2.75) is 6.04 Å². The highest BCUT2D eigenvalue weighted by Gasteiger charge is 2.19. The number of rotatable bonds is 4. The number of hydrogen-bond donors (Lipinski definition) is 1. The number of ether oxygens (including phenoxy) is 1. The van der Waals surface area contributed by atoms with Gasteiger partial charge in [-0.05, 0) is 30.8 Å². The molecule has 1 heterocycles. The smallest absolute Gasteiger partial charge is 0.142 e. The van der Waals surface area contributed by atoms with Gasteiger partial charge in [-0.1, -0.05) is 34.1 Å². The number of methoxy groups -OCH3 is 1. The predicted octanol–water partition coefficient (Wildman–Crippen LogP) is 3.16. The molecule has 3 nitrogen and oxygen atoms in total. The molecule has 0 spiro atoms. The summed E-state index contributed by atoms with van der Waals surface area (Å²) < 4.78 is 6.42. The first kappa shape index (κ1) is 13.1. The van der Waals surface area contributed by atoms with Gasteiger partial charge in [-0.15, -0.1) is 0 Å². The van der Waals surface area contributed by atoms with Crippen molar-refractivity contribution in [3.63, 3.8) is 0 Å². The van der Waals surface area contributed by atoms with E-state index in [4.69, 9.17) is 4.74 Å². The van der Waals surface area contributed by atoms with Crippen LogP contribution in [0.15, 0.2) is 47.1 Å². The van der Waals surface area contributed by atoms with Crippen LogP contribution in [-0.4, -0.2) is 19.1 Å². The monoisotopic (exact) mass is 306 g/mol. The number of benzene rings is 1. The molecule has 1 unspecified atom stereocenters. The average Bonchev–Trinajstić information content (AvgIpc) is 2.42. The van der Waals surface area contributed by atoms with Gasteiger partial charge in [0.05, 0.1) is 13.2 Å². The molecule has 1 atom stereocenters. The van der Waals surface area contributed by atoms with Gasteiger partial charge >= 0.3 is 0 Å². The molecule has 0 aliphatic heterocycles. The summed E-state index contributed by atoms with van der Waals surface area (Å²) in [6.07, 6.45) is 1.78. The van der Waals surface area contributed by atoms with Gasteiger partial charge in [-0.3, -0.25) is 4.98 Å². The van der Waals surface area contributed by atoms with Crippen LogP contribution in [0.3, 0.4) is 0 Å². The Morgan fingerprint density at radius 1 is 1.22 bits per heavy atom. The molecule has 1 aromatic heterocycles. The maximum absolute atomic E-state index is 5.37. The lowest BCUT2D eigenvalue weighted by Crippen LogP contribution is -2.20. The number of halogens is 1. The second-order valence-electron chi connectivity index (χ2n) is 3.83. The van der Waals surface area contributed by atoms with E-state index in [0.717, 1.165) is 21.5 Å². The van der Waals surface area contributed by atoms with Crippen LogP contribution in [0.2, 0.25) is 0 Å². The summed E-state index contributed by atoms with van der Waals surface area (Å²) >= 11 is 3.57. The van der Waals surface area contributed by atoms with E-state index < -0.39 is 0 Å². The molecule has 94 valence electrons. The number of hydrogen-bond acceptors (Lipinski definition) is 3. The molecule has 4 heteroatoms. The highest BCUT2D eigenvalue weighted by atomic mass is 79.9. The molecule has 0 saturated heterocycles. The first-order valence-corrected chi connectivity index (χ1v) is 6.47. The van der Waals surface area contributed by atoms with Crippen molar-refractivity contribution in [3.05, 3.63) is 58.3 Å². The first-order valence-electron chi connectivity index (χ1n) is 5.68. The van der Waals surface area contributed by atoms with E-state index in [1.807, 2.05) is 37.4 Å². The lowest BCUT2D eigenvalue weighted by molar-refractivity contribution is 0.401. The molecular weight excluding hydrogens is 292 g/mol. The maximum Gasteiger partial charge on any atom is 0.142 e. The second-order valence-corrected chi connectivity index (χ2v) is 4.69. The van der Waals surface area contributed by atoms with Gasteiger partial charge in [-0.2, -0.15) is 0 Å². The van der Waals surface area contributed by atoms with Gasteiger partial charge in [0.2, 0.25) is 0 Å². The van der Waals surface area contributed by atoms with Crippen molar-refractivity contribution < 1.29 is 4.74 Å². The number of nitrogens with one attached hydrogen (secondary N) is 1. The van der Waals surface area contributed by atoms with Crippen LogP contribution < -0.4 is 10.1 Å². The van der Waals surface area contributed by atoms with Gasteiger partial charge in [-0.25, -0.2) is 0 Å². The topological polar surface area (TPSA) is 34.2 Å². The Bertz CT molecular complexity index is 531. The van der Waals surface area contributed by atoms with Crippen molar-refractivity contribution in [3.8, 4) is 5.75 Å². The highest BCUT2D eigenvalue weighted by molar-refractivity contribution is 9.10. The molecular formula is C14H15BrN2O. The van der Waals surface area contributed by atoms with Crippen LogP contribution in [0.5, 0.6) is 5.75 Å². The summed E-state index contributed by atoms with van der Waals surface area (Å²) in [6.45, 7) is 0. The van der Waals surface area contributed by atoms with E-state index >= 15 is 0 Å². The molecule has 0 bridgehead atoms. The zero-order valence-electron chi connectivity index (χ0n) is 10.4. The van der Waals surface area contributed by atoms with Gasteiger partial charge in [0.15, 0.2) is 0 Å². The lowest BCUT2D eigenvalue weighted by atomic mass is 10.0. The van der Waals surface area contributed by atoms with Crippen molar-refractivity contribution in [1.29, 1.82) is 0 Å². The zero-order chi connectivity index (χ0) is 13.0. The Labute approximate surface area is 115 Å². The van der Waals surface area contributed by atoms with Crippen LogP contribution in [0.1, 0.15) is 17.3 Å². The maximum atomic E-state index is 5.37. The molecule has 0 radical (unpaired) electrons. The Balaban J connectivity index is 2.49. The van der Waals surface area contributed by atoms with Crippen LogP contribution >= 0.6 is 15.9 Å². The average molecular weight is 307 g/mol. The minimum absolute atomic E-state index is 0.00303. The van der Waals surface area contributed by atoms with Crippen LogP contribution in [0.4, 0.5) is 0 Å². The minimum atomic E-state index is -0.00303. The van der Waals surface area contributed by atoms with Crippen molar-refractivity contribution in [2.75, 3.05) is 14.2 Å². The van der Waals surface area contributed by atoms with E-state index in [2.05, 4.69) is 32.3 Å². The van der Waals surface area contributed by atoms with Crippen LogP contribution in [-0.2, 0) is 0 Å². The van der Waals surface area contributed by atoms with E-state index in [0.29, 0.717) is 0 Å². The molecule has 1 aromatic carbocycles. The Morgan fingerprint density at radius 3 is 2.67 bits per heavy atom. The fourth-order valence-electron chi connectivity index (χ4n) is 1.94. The summed E-state index contributed by atoms with van der Waals surface area (Å²) in [5, 5.41) is 3.28. The van der Waals surface area contributed by atoms with Crippen LogP contribution in [0.25, 0.3) is 0 Å². The van der Waals surface area contributed by atoms with Gasteiger partial charge in [0.1, 0.15) is 11.4 Å². The molecule has 0 fully saturated rings. The fraction of sp³-hybridized carbons (Fsp3) is 0.214. The predicted molar refractivity (Wildman–Crippen MR) is 75.8 cm³/mol. The molecule has 18 heavy (non-hydrogen) atoms. The van der Waals surface area contributed by atoms with Crippen molar-refractivity contribution >= 4 is 15.9 Å². The fourth-order valence-corrected chi connectivity index (χ4v) is 2.45. The van der Waals surface area contributed by atoms with Gasteiger partial charge in [0.25, 0.3) is 0 Å². The number of aromatic nitrogens is 1. The zero-order valence-corrected chi connectivity index (χ0v) is 11.9. The van der Waals surface area contributed by atoms with Crippen molar-refractivity contribution in [1.82, 2.24) is 10.3 Å². The third-order valence-electron chi connectivity index (χ3n) is 2.80. The van der Waals surface area contributed by atoms with E-state index in [9.17, 15) is 0 Å². The SMILES string of the molecule is CNC(c1ccccc1Br)c1ncccc1OC. The van der Waals surface area contributed by atoms with Crippen molar-refractivity contribution in [2.24, 2.45) is 0 Å². The summed E-state index contributed by atoms with van der Waals surface area (Å²) in [4.78, 5) is 4.43. The number of pyridine rings is 1. The molecule has 1 N–H and O–H groups in total. The largest absolute Gasteiger partial charge is 0.495 e. The third-order valence-corrected chi connectivity index (χ3v) is 3.52. The standard InChI is InChI=1S/C14H15BrN2O/c1-16-13(10-6-3-4-7-11(10)15)14-12(18-2)8-5-9-17-14/h3-9,13,16H,1-2H3. The first-order chi connectivity index (χ1) is 8.77. The van der Waals surface area contributed by atoms with E-state index in [-0.39, 0.29) is 6.04 Å². The second kappa shape index (κ2) is 5.98. The Hall–Kier alpha value is -1.39. The molecule has 0 aliphatic rings. The Morgan fingerprint density at radius 2 is 2.00 bits per heavy atom. The Kier molecular flexibility index (Phi) is 4.33. The summed E-state index contributed by atoms with van der Waals surface area (Å²) in [6, 6.07) is 11.9. The normalized spacial score (nSPS) is 12.2. The molecule has 0 saturated carbocycles. The van der Waals surface area contributed by atoms with Gasteiger partial charge < -0.3 is 10.1 Å². The molecule has 0 aliphatic carbocycles. The summed E-state index contributed by atoms with van der Waals surface area (Å²) in [5.74, 6) is 0.785. The molecule has 2 rings (SSSR count). The number of nitrogens with zero attached hydrogens (tertiary/aromatic N) is 1. The molecule has 0 amide bonds. The lowest BCUT2D eigenvalue weighted by Gasteiger charge is -2.19. The third kappa shape index (κ3) is 2.54. The quantitative estimate of drug-likeness (QED) is 0.942. The van der Waals surface area contributed by atoms with Gasteiger partial charge in [0, 0.05) is 10.7 Å². The molecule has 2 aromatic rings.